The van der Waals surface area contributed by atoms with Crippen LogP contribution in [-0.2, 0) is 13.0 Å². The number of carbonyl (C=O) groups excluding carboxylic acids is 1. The molecule has 4 aromatic rings. The minimum Gasteiger partial charge on any atom is -0.369 e. The number of rotatable bonds is 8. The summed E-state index contributed by atoms with van der Waals surface area (Å²) in [7, 11) is 0. The summed E-state index contributed by atoms with van der Waals surface area (Å²) in [5.74, 6) is -0.297. The average Bonchev–Trinajstić information content (AvgIpc) is 2.87. The van der Waals surface area contributed by atoms with Gasteiger partial charge in [0.15, 0.2) is 0 Å². The highest BCUT2D eigenvalue weighted by molar-refractivity contribution is 5.99. The smallest absolute Gasteiger partial charge is 0.255 e. The molecule has 0 aliphatic heterocycles. The molecule has 0 radical (unpaired) electrons. The third-order valence-corrected chi connectivity index (χ3v) is 5.36. The molecule has 2 aromatic heterocycles. The molecule has 0 aliphatic carbocycles. The molecule has 0 fully saturated rings. The fourth-order valence-electron chi connectivity index (χ4n) is 3.64. The fraction of sp³-hybridized carbons (Fsp3) is 0.111. The van der Waals surface area contributed by atoms with Crippen molar-refractivity contribution in [3.05, 3.63) is 113 Å². The van der Waals surface area contributed by atoms with Crippen LogP contribution in [0.15, 0.2) is 85.2 Å². The monoisotopic (exact) mass is 468 g/mol. The number of aromatic nitrogens is 2. The Morgan fingerprint density at radius 3 is 2.69 bits per heavy atom. The molecule has 2 heterocycles. The second kappa shape index (κ2) is 10.9. The Hall–Kier alpha value is -4.77. The number of halogens is 1. The number of hydrogen-bond donors (Lipinski definition) is 3. The van der Waals surface area contributed by atoms with Gasteiger partial charge in [-0.05, 0) is 48.4 Å². The van der Waals surface area contributed by atoms with E-state index in [0.717, 1.165) is 15.9 Å². The normalized spacial score (nSPS) is 10.4. The van der Waals surface area contributed by atoms with Crippen molar-refractivity contribution in [1.29, 1.82) is 5.26 Å². The molecule has 35 heavy (non-hydrogen) atoms. The van der Waals surface area contributed by atoms with Gasteiger partial charge in [-0.1, -0.05) is 30.3 Å². The van der Waals surface area contributed by atoms with Crippen LogP contribution in [0.25, 0.3) is 11.3 Å². The summed E-state index contributed by atoms with van der Waals surface area (Å²) >= 11 is 0. The Balaban J connectivity index is 1.58. The Morgan fingerprint density at radius 2 is 1.89 bits per heavy atom. The quantitative estimate of drug-likeness (QED) is 0.269. The summed E-state index contributed by atoms with van der Waals surface area (Å²) in [4.78, 5) is 17.7. The van der Waals surface area contributed by atoms with Gasteiger partial charge < -0.3 is 10.6 Å². The largest absolute Gasteiger partial charge is 0.369 e. The van der Waals surface area contributed by atoms with E-state index in [9.17, 15) is 19.7 Å². The van der Waals surface area contributed by atoms with E-state index < -0.39 is 0 Å². The molecule has 0 aliphatic rings. The summed E-state index contributed by atoms with van der Waals surface area (Å²) in [6.45, 7) is 0.630. The van der Waals surface area contributed by atoms with Crippen LogP contribution in [0.1, 0.15) is 27.0 Å². The van der Waals surface area contributed by atoms with Gasteiger partial charge in [-0.25, -0.2) is 9.37 Å². The number of pyridine rings is 2. The van der Waals surface area contributed by atoms with Crippen LogP contribution in [0.4, 0.5) is 10.2 Å². The van der Waals surface area contributed by atoms with Gasteiger partial charge >= 0.3 is 0 Å². The first-order valence-electron chi connectivity index (χ1n) is 11.0. The lowest BCUT2D eigenvalue weighted by atomic mass is 10.0. The molecule has 8 heteroatoms. The molecule has 0 atom stereocenters. The van der Waals surface area contributed by atoms with E-state index in [0.29, 0.717) is 41.2 Å². The SMILES string of the molecule is N#Cc1ccccc1-c1ccc(C(=O)NCc2ccc[n+](O)c2)c(NCCc2cccc(F)c2)n1. The summed E-state index contributed by atoms with van der Waals surface area (Å²) in [5.41, 5.74) is 3.55. The van der Waals surface area contributed by atoms with Crippen LogP contribution in [0, 0.1) is 17.1 Å². The van der Waals surface area contributed by atoms with Gasteiger partial charge in [0, 0.05) is 35.0 Å². The van der Waals surface area contributed by atoms with Crippen LogP contribution in [-0.4, -0.2) is 22.6 Å². The van der Waals surface area contributed by atoms with Gasteiger partial charge in [-0.3, -0.25) is 10.0 Å². The zero-order valence-electron chi connectivity index (χ0n) is 18.8. The van der Waals surface area contributed by atoms with E-state index in [1.807, 2.05) is 12.1 Å². The van der Waals surface area contributed by atoms with Gasteiger partial charge in [0.2, 0.25) is 12.4 Å². The highest BCUT2D eigenvalue weighted by Crippen LogP contribution is 2.25. The molecule has 0 spiro atoms. The molecule has 3 N–H and O–H groups in total. The Kier molecular flexibility index (Phi) is 7.28. The highest BCUT2D eigenvalue weighted by atomic mass is 19.1. The number of carbonyl (C=O) groups is 1. The molecule has 0 bridgehead atoms. The van der Waals surface area contributed by atoms with Gasteiger partial charge in [-0.2, -0.15) is 5.26 Å². The molecule has 0 saturated carbocycles. The number of nitriles is 1. The van der Waals surface area contributed by atoms with Gasteiger partial charge in [-0.15, -0.1) is 0 Å². The molecule has 4 rings (SSSR count). The van der Waals surface area contributed by atoms with Crippen molar-refractivity contribution < 1.29 is 19.1 Å². The first-order chi connectivity index (χ1) is 17.0. The first kappa shape index (κ1) is 23.4. The van der Waals surface area contributed by atoms with Crippen LogP contribution in [0.2, 0.25) is 0 Å². The lowest BCUT2D eigenvalue weighted by molar-refractivity contribution is -0.905. The Morgan fingerprint density at radius 1 is 1.06 bits per heavy atom. The second-order valence-electron chi connectivity index (χ2n) is 7.83. The molecule has 0 saturated heterocycles. The second-order valence-corrected chi connectivity index (χ2v) is 7.83. The standard InChI is InChI=1S/C27H22FN5O2/c28-22-8-3-5-19(15-22)12-13-30-26-24(27(34)31-17-20-6-4-14-33(35)18-20)10-11-25(32-26)23-9-2-1-7-21(23)16-29/h1-11,14-15,18H,12-13,17H2,(H2-,30,31,32,34,35)/p+1. The molecule has 2 aromatic carbocycles. The number of benzene rings is 2. The maximum atomic E-state index is 13.5. The summed E-state index contributed by atoms with van der Waals surface area (Å²) < 4.78 is 14.4. The van der Waals surface area contributed by atoms with Crippen LogP contribution < -0.4 is 15.4 Å². The topological polar surface area (TPSA) is 102 Å². The summed E-state index contributed by atoms with van der Waals surface area (Å²) in [6, 6.07) is 22.4. The third kappa shape index (κ3) is 5.97. The lowest BCUT2D eigenvalue weighted by Gasteiger charge is -2.14. The molecular weight excluding hydrogens is 445 g/mol. The van der Waals surface area contributed by atoms with Crippen LogP contribution in [0.3, 0.4) is 0 Å². The van der Waals surface area contributed by atoms with Crippen LogP contribution in [0.5, 0.6) is 0 Å². The third-order valence-electron chi connectivity index (χ3n) is 5.36. The zero-order chi connectivity index (χ0) is 24.6. The zero-order valence-corrected chi connectivity index (χ0v) is 18.8. The van der Waals surface area contributed by atoms with Crippen molar-refractivity contribution >= 4 is 11.7 Å². The Labute approximate surface area is 202 Å². The van der Waals surface area contributed by atoms with Crippen LogP contribution >= 0.6 is 0 Å². The van der Waals surface area contributed by atoms with Crippen molar-refractivity contribution in [1.82, 2.24) is 10.3 Å². The maximum absolute atomic E-state index is 13.5. The minimum absolute atomic E-state index is 0.210. The van der Waals surface area contributed by atoms with E-state index in [1.165, 1.54) is 24.5 Å². The van der Waals surface area contributed by atoms with Crippen molar-refractivity contribution in [2.75, 3.05) is 11.9 Å². The van der Waals surface area contributed by atoms with E-state index in [2.05, 4.69) is 21.7 Å². The maximum Gasteiger partial charge on any atom is 0.255 e. The van der Waals surface area contributed by atoms with Crippen molar-refractivity contribution in [2.45, 2.75) is 13.0 Å². The minimum atomic E-state index is -0.348. The van der Waals surface area contributed by atoms with Crippen molar-refractivity contribution in [2.24, 2.45) is 0 Å². The molecule has 174 valence electrons. The number of nitrogens with one attached hydrogen (secondary N) is 2. The van der Waals surface area contributed by atoms with Crippen molar-refractivity contribution in [3.63, 3.8) is 0 Å². The molecule has 1 amide bonds. The summed E-state index contributed by atoms with van der Waals surface area (Å²) in [5, 5.41) is 25.1. The van der Waals surface area contributed by atoms with E-state index in [4.69, 9.17) is 0 Å². The highest BCUT2D eigenvalue weighted by Gasteiger charge is 2.16. The fourth-order valence-corrected chi connectivity index (χ4v) is 3.64. The molecule has 0 unspecified atom stereocenters. The van der Waals surface area contributed by atoms with Crippen molar-refractivity contribution in [3.8, 4) is 17.3 Å². The number of hydrogen-bond acceptors (Lipinski definition) is 5. The van der Waals surface area contributed by atoms with E-state index in [-0.39, 0.29) is 18.3 Å². The molecular formula is C27H23FN5O2+. The number of anilines is 1. The van der Waals surface area contributed by atoms with Gasteiger partial charge in [0.05, 0.1) is 22.9 Å². The van der Waals surface area contributed by atoms with E-state index in [1.54, 1.807) is 48.5 Å². The number of amides is 1. The summed E-state index contributed by atoms with van der Waals surface area (Å²) in [6.07, 6.45) is 3.51. The average molecular weight is 469 g/mol. The predicted octanol–water partition coefficient (Wildman–Crippen LogP) is 3.87. The Bertz CT molecular complexity index is 1400. The van der Waals surface area contributed by atoms with E-state index >= 15 is 0 Å². The van der Waals surface area contributed by atoms with Gasteiger partial charge in [0.1, 0.15) is 11.6 Å². The predicted molar refractivity (Wildman–Crippen MR) is 128 cm³/mol. The van der Waals surface area contributed by atoms with Gasteiger partial charge in [0.25, 0.3) is 5.91 Å². The lowest BCUT2D eigenvalue weighted by Crippen LogP contribution is -2.31. The number of nitrogens with zero attached hydrogens (tertiary/aromatic N) is 3. The first-order valence-corrected chi connectivity index (χ1v) is 11.0. The molecule has 7 nitrogen and oxygen atoms in total.